The molecule has 2 aromatic heterocycles. The minimum absolute atomic E-state index is 0.774. The predicted molar refractivity (Wildman–Crippen MR) is 83.0 cm³/mol. The number of hydrogen-bond donors (Lipinski definition) is 1. The Balaban J connectivity index is 1.50. The smallest absolute Gasteiger partial charge is 0.0759 e. The molecular formula is C16H17N3S. The first-order valence-electron chi connectivity index (χ1n) is 7.10. The molecule has 4 heteroatoms. The topological polar surface area (TPSA) is 29.9 Å². The number of rotatable bonds is 5. The Labute approximate surface area is 122 Å². The van der Waals surface area contributed by atoms with Gasteiger partial charge in [0.05, 0.1) is 18.3 Å². The standard InChI is InChI=1S/C16H17N3S/c1-2-4-16-12(3-1)9-18-19(16)11-15-8-7-14(20-15)10-17-13-5-6-13/h1-4,7-9,13,17H,5-6,10-11H2. The highest BCUT2D eigenvalue weighted by atomic mass is 32.1. The van der Waals surface area contributed by atoms with Gasteiger partial charge in [-0.05, 0) is 31.0 Å². The molecule has 2 heterocycles. The number of fused-ring (bicyclic) bond motifs is 1. The van der Waals surface area contributed by atoms with E-state index < -0.39 is 0 Å². The van der Waals surface area contributed by atoms with Gasteiger partial charge in [0.1, 0.15) is 0 Å². The molecule has 0 amide bonds. The summed E-state index contributed by atoms with van der Waals surface area (Å²) in [5.74, 6) is 0. The van der Waals surface area contributed by atoms with E-state index in [4.69, 9.17) is 0 Å². The van der Waals surface area contributed by atoms with Gasteiger partial charge in [-0.25, -0.2) is 0 Å². The third-order valence-electron chi connectivity index (χ3n) is 3.72. The van der Waals surface area contributed by atoms with Gasteiger partial charge in [0.15, 0.2) is 0 Å². The normalized spacial score (nSPS) is 15.0. The van der Waals surface area contributed by atoms with Crippen molar-refractivity contribution in [3.63, 3.8) is 0 Å². The van der Waals surface area contributed by atoms with Crippen LogP contribution in [-0.4, -0.2) is 15.8 Å². The van der Waals surface area contributed by atoms with Crippen molar-refractivity contribution in [1.82, 2.24) is 15.1 Å². The first-order valence-corrected chi connectivity index (χ1v) is 7.92. The molecule has 3 nitrogen and oxygen atoms in total. The van der Waals surface area contributed by atoms with Crippen molar-refractivity contribution in [2.75, 3.05) is 0 Å². The minimum Gasteiger partial charge on any atom is -0.309 e. The van der Waals surface area contributed by atoms with Crippen LogP contribution in [0.5, 0.6) is 0 Å². The summed E-state index contributed by atoms with van der Waals surface area (Å²) in [6.45, 7) is 1.87. The largest absolute Gasteiger partial charge is 0.309 e. The Hall–Kier alpha value is -1.65. The summed E-state index contributed by atoms with van der Waals surface area (Å²) in [7, 11) is 0. The van der Waals surface area contributed by atoms with E-state index >= 15 is 0 Å². The van der Waals surface area contributed by atoms with Crippen LogP contribution in [0.1, 0.15) is 22.6 Å². The van der Waals surface area contributed by atoms with Gasteiger partial charge in [-0.2, -0.15) is 5.10 Å². The molecule has 0 saturated heterocycles. The lowest BCUT2D eigenvalue weighted by molar-refractivity contribution is 0.695. The van der Waals surface area contributed by atoms with E-state index in [1.54, 1.807) is 0 Å². The zero-order chi connectivity index (χ0) is 13.4. The van der Waals surface area contributed by atoms with Crippen LogP contribution in [0, 0.1) is 0 Å². The van der Waals surface area contributed by atoms with Crippen LogP contribution >= 0.6 is 11.3 Å². The van der Waals surface area contributed by atoms with Crippen molar-refractivity contribution in [3.05, 3.63) is 52.3 Å². The Bertz CT molecular complexity index is 724. The number of para-hydroxylation sites is 1. The van der Waals surface area contributed by atoms with Crippen molar-refractivity contribution in [2.45, 2.75) is 32.0 Å². The van der Waals surface area contributed by atoms with E-state index in [2.05, 4.69) is 51.5 Å². The maximum absolute atomic E-state index is 4.49. The summed E-state index contributed by atoms with van der Waals surface area (Å²) in [5.41, 5.74) is 1.21. The summed E-state index contributed by atoms with van der Waals surface area (Å²) in [5, 5.41) is 9.26. The van der Waals surface area contributed by atoms with Crippen LogP contribution < -0.4 is 5.32 Å². The van der Waals surface area contributed by atoms with Gasteiger partial charge in [-0.3, -0.25) is 4.68 Å². The van der Waals surface area contributed by atoms with Crippen LogP contribution in [0.3, 0.4) is 0 Å². The van der Waals surface area contributed by atoms with Gasteiger partial charge in [0.2, 0.25) is 0 Å². The summed E-state index contributed by atoms with van der Waals surface area (Å²) < 4.78 is 2.08. The lowest BCUT2D eigenvalue weighted by Crippen LogP contribution is -2.14. The summed E-state index contributed by atoms with van der Waals surface area (Å²) in [6, 6.07) is 13.6. The molecule has 0 atom stereocenters. The maximum Gasteiger partial charge on any atom is 0.0759 e. The van der Waals surface area contributed by atoms with Crippen LogP contribution in [0.2, 0.25) is 0 Å². The van der Waals surface area contributed by atoms with Crippen LogP contribution in [0.4, 0.5) is 0 Å². The number of hydrogen-bond acceptors (Lipinski definition) is 3. The molecule has 1 aliphatic rings. The van der Waals surface area contributed by atoms with E-state index in [0.717, 1.165) is 19.1 Å². The maximum atomic E-state index is 4.49. The quantitative estimate of drug-likeness (QED) is 0.778. The molecular weight excluding hydrogens is 266 g/mol. The molecule has 20 heavy (non-hydrogen) atoms. The fourth-order valence-corrected chi connectivity index (χ4v) is 3.39. The second kappa shape index (κ2) is 5.04. The Kier molecular flexibility index (Phi) is 3.05. The molecule has 3 aromatic rings. The number of aromatic nitrogens is 2. The van der Waals surface area contributed by atoms with Crippen molar-refractivity contribution in [2.24, 2.45) is 0 Å². The summed E-state index contributed by atoms with van der Waals surface area (Å²) in [6.07, 6.45) is 4.63. The molecule has 0 bridgehead atoms. The van der Waals surface area contributed by atoms with Crippen LogP contribution in [-0.2, 0) is 13.1 Å². The van der Waals surface area contributed by atoms with Crippen molar-refractivity contribution >= 4 is 22.2 Å². The molecule has 1 fully saturated rings. The Morgan fingerprint density at radius 2 is 2.00 bits per heavy atom. The highest BCUT2D eigenvalue weighted by Crippen LogP contribution is 2.23. The lowest BCUT2D eigenvalue weighted by Gasteiger charge is -2.01. The average molecular weight is 283 g/mol. The van der Waals surface area contributed by atoms with E-state index in [1.165, 1.54) is 33.5 Å². The molecule has 0 spiro atoms. The number of thiophene rings is 1. The first kappa shape index (κ1) is 12.1. The Morgan fingerprint density at radius 1 is 1.15 bits per heavy atom. The third kappa shape index (κ3) is 2.49. The lowest BCUT2D eigenvalue weighted by atomic mass is 10.2. The molecule has 0 unspecified atom stereocenters. The molecule has 102 valence electrons. The number of benzene rings is 1. The van der Waals surface area contributed by atoms with Gasteiger partial charge >= 0.3 is 0 Å². The summed E-state index contributed by atoms with van der Waals surface area (Å²) in [4.78, 5) is 2.79. The molecule has 1 saturated carbocycles. The van der Waals surface area contributed by atoms with Gasteiger partial charge in [0.25, 0.3) is 0 Å². The fraction of sp³-hybridized carbons (Fsp3) is 0.312. The highest BCUT2D eigenvalue weighted by molar-refractivity contribution is 7.11. The second-order valence-corrected chi connectivity index (χ2v) is 6.64. The van der Waals surface area contributed by atoms with Gasteiger partial charge in [0, 0.05) is 27.7 Å². The molecule has 1 N–H and O–H groups in total. The van der Waals surface area contributed by atoms with Crippen molar-refractivity contribution in [1.29, 1.82) is 0 Å². The van der Waals surface area contributed by atoms with Crippen molar-refractivity contribution in [3.8, 4) is 0 Å². The van der Waals surface area contributed by atoms with Gasteiger partial charge in [-0.15, -0.1) is 11.3 Å². The number of nitrogens with zero attached hydrogens (tertiary/aromatic N) is 2. The molecule has 1 aromatic carbocycles. The number of nitrogens with one attached hydrogen (secondary N) is 1. The molecule has 4 rings (SSSR count). The van der Waals surface area contributed by atoms with E-state index in [1.807, 2.05) is 17.5 Å². The van der Waals surface area contributed by atoms with Crippen LogP contribution in [0.25, 0.3) is 10.9 Å². The van der Waals surface area contributed by atoms with Gasteiger partial charge in [-0.1, -0.05) is 18.2 Å². The molecule has 0 radical (unpaired) electrons. The Morgan fingerprint density at radius 3 is 2.90 bits per heavy atom. The van der Waals surface area contributed by atoms with Crippen LogP contribution in [0.15, 0.2) is 42.6 Å². The first-order chi connectivity index (χ1) is 9.88. The fourth-order valence-electron chi connectivity index (χ4n) is 2.43. The summed E-state index contributed by atoms with van der Waals surface area (Å²) >= 11 is 1.89. The van der Waals surface area contributed by atoms with Crippen molar-refractivity contribution < 1.29 is 0 Å². The SMILES string of the molecule is c1ccc2c(c1)cnn2Cc1ccc(CNC2CC2)s1. The van der Waals surface area contributed by atoms with E-state index in [9.17, 15) is 0 Å². The van der Waals surface area contributed by atoms with E-state index in [0.29, 0.717) is 0 Å². The minimum atomic E-state index is 0.774. The highest BCUT2D eigenvalue weighted by Gasteiger charge is 2.20. The third-order valence-corrected chi connectivity index (χ3v) is 4.79. The predicted octanol–water partition coefficient (Wildman–Crippen LogP) is 3.40. The second-order valence-electron chi connectivity index (χ2n) is 5.38. The molecule has 0 aliphatic heterocycles. The van der Waals surface area contributed by atoms with Gasteiger partial charge < -0.3 is 5.32 Å². The molecule has 1 aliphatic carbocycles. The zero-order valence-corrected chi connectivity index (χ0v) is 12.1. The van der Waals surface area contributed by atoms with E-state index in [-0.39, 0.29) is 0 Å². The average Bonchev–Trinajstić information content (AvgIpc) is 3.06. The zero-order valence-electron chi connectivity index (χ0n) is 11.2. The monoisotopic (exact) mass is 283 g/mol.